The summed E-state index contributed by atoms with van der Waals surface area (Å²) >= 11 is 0. The number of non-ortho nitro benzene ring substituents is 1. The molecule has 0 unspecified atom stereocenters. The molecule has 0 saturated heterocycles. The summed E-state index contributed by atoms with van der Waals surface area (Å²) in [5.74, 6) is 0.632. The summed E-state index contributed by atoms with van der Waals surface area (Å²) in [7, 11) is 0. The second kappa shape index (κ2) is 3.70. The number of benzene rings is 1. The fourth-order valence-electron chi connectivity index (χ4n) is 1.43. The largest absolute Gasteiger partial charge is 0.461 e. The molecule has 0 atom stereocenters. The molecule has 5 nitrogen and oxygen atoms in total. The lowest BCUT2D eigenvalue weighted by Crippen LogP contribution is -1.86. The maximum atomic E-state index is 10.5. The number of nitro benzene ring substituents is 1. The van der Waals surface area contributed by atoms with Gasteiger partial charge < -0.3 is 9.52 Å². The number of furan rings is 1. The molecule has 0 fully saturated rings. The number of fused-ring (bicyclic) bond motifs is 1. The first-order chi connectivity index (χ1) is 7.20. The van der Waals surface area contributed by atoms with Gasteiger partial charge in [-0.2, -0.15) is 0 Å². The van der Waals surface area contributed by atoms with Gasteiger partial charge in [-0.15, -0.1) is 0 Å². The van der Waals surface area contributed by atoms with Gasteiger partial charge in [-0.05, 0) is 12.1 Å². The van der Waals surface area contributed by atoms with Crippen molar-refractivity contribution in [2.45, 2.75) is 6.42 Å². The van der Waals surface area contributed by atoms with Gasteiger partial charge in [0.1, 0.15) is 11.3 Å². The molecular formula is C10H9NO4. The predicted octanol–water partition coefficient (Wildman–Crippen LogP) is 1.88. The van der Waals surface area contributed by atoms with Crippen LogP contribution in [0.25, 0.3) is 11.0 Å². The van der Waals surface area contributed by atoms with Crippen LogP contribution in [0.4, 0.5) is 5.69 Å². The van der Waals surface area contributed by atoms with Gasteiger partial charge in [-0.25, -0.2) is 0 Å². The summed E-state index contributed by atoms with van der Waals surface area (Å²) in [6, 6.07) is 6.13. The van der Waals surface area contributed by atoms with E-state index in [1.165, 1.54) is 12.1 Å². The van der Waals surface area contributed by atoms with Crippen molar-refractivity contribution in [1.29, 1.82) is 0 Å². The molecule has 1 N–H and O–H groups in total. The molecule has 5 heteroatoms. The molecule has 15 heavy (non-hydrogen) atoms. The van der Waals surface area contributed by atoms with E-state index in [1.807, 2.05) is 0 Å². The Morgan fingerprint density at radius 2 is 2.20 bits per heavy atom. The van der Waals surface area contributed by atoms with E-state index in [0.29, 0.717) is 23.2 Å². The molecule has 0 radical (unpaired) electrons. The van der Waals surface area contributed by atoms with E-state index in [-0.39, 0.29) is 12.3 Å². The fourth-order valence-corrected chi connectivity index (χ4v) is 1.43. The molecule has 0 aliphatic carbocycles. The Bertz CT molecular complexity index is 503. The molecule has 0 spiro atoms. The van der Waals surface area contributed by atoms with Gasteiger partial charge in [-0.1, -0.05) is 0 Å². The topological polar surface area (TPSA) is 76.5 Å². The van der Waals surface area contributed by atoms with Crippen molar-refractivity contribution in [3.05, 3.63) is 40.1 Å². The Balaban J connectivity index is 2.47. The van der Waals surface area contributed by atoms with E-state index in [9.17, 15) is 10.1 Å². The third-order valence-electron chi connectivity index (χ3n) is 2.12. The lowest BCUT2D eigenvalue weighted by molar-refractivity contribution is -0.384. The van der Waals surface area contributed by atoms with Crippen molar-refractivity contribution >= 4 is 16.7 Å². The minimum absolute atomic E-state index is 0.00190. The summed E-state index contributed by atoms with van der Waals surface area (Å²) in [6.07, 6.45) is 0.419. The van der Waals surface area contributed by atoms with E-state index in [2.05, 4.69) is 0 Å². The molecule has 78 valence electrons. The van der Waals surface area contributed by atoms with Gasteiger partial charge in [0.2, 0.25) is 0 Å². The predicted molar refractivity (Wildman–Crippen MR) is 53.7 cm³/mol. The summed E-state index contributed by atoms with van der Waals surface area (Å²) in [5, 5.41) is 19.9. The average molecular weight is 207 g/mol. The van der Waals surface area contributed by atoms with Gasteiger partial charge in [0.05, 0.1) is 11.5 Å². The van der Waals surface area contributed by atoms with E-state index in [1.54, 1.807) is 12.1 Å². The van der Waals surface area contributed by atoms with E-state index < -0.39 is 4.92 Å². The van der Waals surface area contributed by atoms with Gasteiger partial charge in [-0.3, -0.25) is 10.1 Å². The lowest BCUT2D eigenvalue weighted by Gasteiger charge is -1.89. The highest BCUT2D eigenvalue weighted by atomic mass is 16.6. The third-order valence-corrected chi connectivity index (χ3v) is 2.12. The molecule has 1 aromatic heterocycles. The van der Waals surface area contributed by atoms with E-state index in [4.69, 9.17) is 9.52 Å². The zero-order valence-corrected chi connectivity index (χ0v) is 7.84. The SMILES string of the molecule is O=[N+]([O-])c1ccc2oc(CCO)cc2c1. The van der Waals surface area contributed by atoms with Crippen LogP contribution in [0.1, 0.15) is 5.76 Å². The zero-order chi connectivity index (χ0) is 10.8. The van der Waals surface area contributed by atoms with Crippen LogP contribution < -0.4 is 0 Å². The summed E-state index contributed by atoms with van der Waals surface area (Å²) in [5.41, 5.74) is 0.642. The van der Waals surface area contributed by atoms with Crippen LogP contribution in [-0.4, -0.2) is 16.6 Å². The van der Waals surface area contributed by atoms with Gasteiger partial charge in [0, 0.05) is 23.9 Å². The summed E-state index contributed by atoms with van der Waals surface area (Å²) in [6.45, 7) is 0.00190. The lowest BCUT2D eigenvalue weighted by atomic mass is 10.2. The van der Waals surface area contributed by atoms with Crippen LogP contribution in [0.3, 0.4) is 0 Å². The normalized spacial score (nSPS) is 10.7. The van der Waals surface area contributed by atoms with E-state index in [0.717, 1.165) is 0 Å². The molecular weight excluding hydrogens is 198 g/mol. The molecule has 2 rings (SSSR count). The number of rotatable bonds is 3. The van der Waals surface area contributed by atoms with Crippen LogP contribution in [0, 0.1) is 10.1 Å². The Morgan fingerprint density at radius 3 is 2.87 bits per heavy atom. The second-order valence-electron chi connectivity index (χ2n) is 3.17. The second-order valence-corrected chi connectivity index (χ2v) is 3.17. The number of hydrogen-bond donors (Lipinski definition) is 1. The quantitative estimate of drug-likeness (QED) is 0.615. The Labute approximate surface area is 85.1 Å². The number of aliphatic hydroxyl groups excluding tert-OH is 1. The van der Waals surface area contributed by atoms with Crippen molar-refractivity contribution in [3.8, 4) is 0 Å². The fraction of sp³-hybridized carbons (Fsp3) is 0.200. The highest BCUT2D eigenvalue weighted by Gasteiger charge is 2.09. The molecule has 2 aromatic rings. The highest BCUT2D eigenvalue weighted by molar-refractivity contribution is 5.80. The van der Waals surface area contributed by atoms with Crippen molar-refractivity contribution < 1.29 is 14.4 Å². The summed E-state index contributed by atoms with van der Waals surface area (Å²) in [4.78, 5) is 10.1. The summed E-state index contributed by atoms with van der Waals surface area (Å²) < 4.78 is 5.36. The number of nitro groups is 1. The number of hydrogen-bond acceptors (Lipinski definition) is 4. The van der Waals surface area contributed by atoms with Crippen molar-refractivity contribution in [2.75, 3.05) is 6.61 Å². The third kappa shape index (κ3) is 1.82. The number of nitrogens with zero attached hydrogens (tertiary/aromatic N) is 1. The van der Waals surface area contributed by atoms with Crippen molar-refractivity contribution in [3.63, 3.8) is 0 Å². The maximum Gasteiger partial charge on any atom is 0.270 e. The van der Waals surface area contributed by atoms with E-state index >= 15 is 0 Å². The first-order valence-electron chi connectivity index (χ1n) is 4.48. The number of aliphatic hydroxyl groups is 1. The van der Waals surface area contributed by atoms with Crippen LogP contribution in [0.2, 0.25) is 0 Å². The van der Waals surface area contributed by atoms with Crippen molar-refractivity contribution in [1.82, 2.24) is 0 Å². The first kappa shape index (κ1) is 9.67. The van der Waals surface area contributed by atoms with Crippen LogP contribution in [0.5, 0.6) is 0 Å². The molecule has 0 amide bonds. The molecule has 0 saturated carbocycles. The van der Waals surface area contributed by atoms with Gasteiger partial charge in [0.25, 0.3) is 5.69 Å². The Hall–Kier alpha value is -1.88. The molecule has 1 heterocycles. The minimum atomic E-state index is -0.446. The van der Waals surface area contributed by atoms with Crippen molar-refractivity contribution in [2.24, 2.45) is 0 Å². The van der Waals surface area contributed by atoms with Gasteiger partial charge in [0.15, 0.2) is 0 Å². The standard InChI is InChI=1S/C10H9NO4/c12-4-3-9-6-7-5-8(11(13)14)1-2-10(7)15-9/h1-2,5-6,12H,3-4H2. The molecule has 0 aliphatic rings. The smallest absolute Gasteiger partial charge is 0.270 e. The Morgan fingerprint density at radius 1 is 1.40 bits per heavy atom. The zero-order valence-electron chi connectivity index (χ0n) is 7.84. The van der Waals surface area contributed by atoms with Crippen LogP contribution in [-0.2, 0) is 6.42 Å². The molecule has 0 aliphatic heterocycles. The molecule has 0 bridgehead atoms. The van der Waals surface area contributed by atoms with Gasteiger partial charge >= 0.3 is 0 Å². The average Bonchev–Trinajstić information content (AvgIpc) is 2.59. The monoisotopic (exact) mass is 207 g/mol. The molecule has 1 aromatic carbocycles. The van der Waals surface area contributed by atoms with Crippen LogP contribution >= 0.6 is 0 Å². The maximum absolute atomic E-state index is 10.5. The highest BCUT2D eigenvalue weighted by Crippen LogP contribution is 2.24. The first-order valence-corrected chi connectivity index (χ1v) is 4.48. The minimum Gasteiger partial charge on any atom is -0.461 e. The van der Waals surface area contributed by atoms with Crippen LogP contribution in [0.15, 0.2) is 28.7 Å². The Kier molecular flexibility index (Phi) is 2.39.